The fourth-order valence-corrected chi connectivity index (χ4v) is 3.25. The summed E-state index contributed by atoms with van der Waals surface area (Å²) in [5.74, 6) is -0.747. The standard InChI is InChI=1S/C16H33N3O2/c1-6-8-17-16(5,15(20)21)11-13(3)19-10-9-18(7-2)14(4)12-19/h13-14,17H,6-12H2,1-5H3,(H,20,21). The van der Waals surface area contributed by atoms with Gasteiger partial charge < -0.3 is 10.4 Å². The third-order valence-electron chi connectivity index (χ3n) is 4.77. The molecule has 3 atom stereocenters. The first-order valence-electron chi connectivity index (χ1n) is 8.30. The van der Waals surface area contributed by atoms with E-state index in [-0.39, 0.29) is 6.04 Å². The van der Waals surface area contributed by atoms with E-state index in [9.17, 15) is 9.90 Å². The largest absolute Gasteiger partial charge is 0.480 e. The van der Waals surface area contributed by atoms with Gasteiger partial charge in [-0.1, -0.05) is 13.8 Å². The van der Waals surface area contributed by atoms with Crippen molar-refractivity contribution in [2.24, 2.45) is 0 Å². The number of nitrogens with one attached hydrogen (secondary N) is 1. The molecule has 0 amide bonds. The van der Waals surface area contributed by atoms with E-state index in [2.05, 4.69) is 42.8 Å². The highest BCUT2D eigenvalue weighted by Crippen LogP contribution is 2.20. The van der Waals surface area contributed by atoms with E-state index in [1.807, 2.05) is 6.92 Å². The van der Waals surface area contributed by atoms with Crippen LogP contribution in [0.25, 0.3) is 0 Å². The van der Waals surface area contributed by atoms with Gasteiger partial charge >= 0.3 is 5.97 Å². The molecule has 0 spiro atoms. The zero-order chi connectivity index (χ0) is 16.0. The third kappa shape index (κ3) is 4.94. The van der Waals surface area contributed by atoms with Gasteiger partial charge in [0, 0.05) is 31.7 Å². The maximum Gasteiger partial charge on any atom is 0.323 e. The van der Waals surface area contributed by atoms with E-state index < -0.39 is 11.5 Å². The molecule has 0 aromatic carbocycles. The molecule has 1 aliphatic rings. The molecule has 0 saturated carbocycles. The molecule has 1 fully saturated rings. The van der Waals surface area contributed by atoms with Gasteiger partial charge in [0.2, 0.25) is 0 Å². The minimum atomic E-state index is -0.833. The molecule has 1 heterocycles. The van der Waals surface area contributed by atoms with Crippen molar-refractivity contribution in [1.82, 2.24) is 15.1 Å². The van der Waals surface area contributed by atoms with Crippen LogP contribution in [0.1, 0.15) is 47.5 Å². The molecule has 3 unspecified atom stereocenters. The second-order valence-electron chi connectivity index (χ2n) is 6.59. The lowest BCUT2D eigenvalue weighted by Gasteiger charge is -2.43. The number of hydrogen-bond acceptors (Lipinski definition) is 4. The number of piperazine rings is 1. The molecule has 0 radical (unpaired) electrons. The monoisotopic (exact) mass is 299 g/mol. The van der Waals surface area contributed by atoms with Crippen LogP contribution in [-0.2, 0) is 4.79 Å². The van der Waals surface area contributed by atoms with Crippen LogP contribution >= 0.6 is 0 Å². The number of rotatable bonds is 8. The first-order valence-corrected chi connectivity index (χ1v) is 8.30. The van der Waals surface area contributed by atoms with Crippen molar-refractivity contribution in [3.8, 4) is 0 Å². The Morgan fingerprint density at radius 3 is 2.57 bits per heavy atom. The second kappa shape index (κ2) is 8.11. The normalized spacial score (nSPS) is 25.5. The Labute approximate surface area is 129 Å². The first kappa shape index (κ1) is 18.4. The minimum absolute atomic E-state index is 0.275. The summed E-state index contributed by atoms with van der Waals surface area (Å²) in [6.07, 6.45) is 1.59. The van der Waals surface area contributed by atoms with Crippen molar-refractivity contribution in [3.05, 3.63) is 0 Å². The Hall–Kier alpha value is -0.650. The van der Waals surface area contributed by atoms with Crippen LogP contribution in [0.15, 0.2) is 0 Å². The molecule has 2 N–H and O–H groups in total. The van der Waals surface area contributed by atoms with Crippen molar-refractivity contribution in [2.75, 3.05) is 32.7 Å². The molecule has 124 valence electrons. The molecule has 21 heavy (non-hydrogen) atoms. The van der Waals surface area contributed by atoms with Gasteiger partial charge in [0.25, 0.3) is 0 Å². The summed E-state index contributed by atoms with van der Waals surface area (Å²) in [6, 6.07) is 0.822. The number of likely N-dealkylation sites (N-methyl/N-ethyl adjacent to an activating group) is 1. The van der Waals surface area contributed by atoms with Crippen LogP contribution in [0.2, 0.25) is 0 Å². The Kier molecular flexibility index (Phi) is 7.10. The zero-order valence-corrected chi connectivity index (χ0v) is 14.4. The molecule has 1 aliphatic heterocycles. The predicted molar refractivity (Wildman–Crippen MR) is 86.7 cm³/mol. The van der Waals surface area contributed by atoms with Crippen LogP contribution in [-0.4, -0.2) is 71.2 Å². The number of carboxylic acids is 1. The van der Waals surface area contributed by atoms with Crippen LogP contribution in [0, 0.1) is 0 Å². The molecule has 1 rings (SSSR count). The lowest BCUT2D eigenvalue weighted by atomic mass is 9.92. The molecule has 0 aromatic rings. The Bertz CT molecular complexity index is 337. The lowest BCUT2D eigenvalue weighted by Crippen LogP contribution is -2.58. The number of nitrogens with zero attached hydrogens (tertiary/aromatic N) is 2. The van der Waals surface area contributed by atoms with Crippen LogP contribution < -0.4 is 5.32 Å². The van der Waals surface area contributed by atoms with Crippen molar-refractivity contribution < 1.29 is 9.90 Å². The number of carboxylic acid groups (broad SMARTS) is 1. The number of hydrogen-bond donors (Lipinski definition) is 2. The van der Waals surface area contributed by atoms with Gasteiger partial charge in [0.1, 0.15) is 5.54 Å². The highest BCUT2D eigenvalue weighted by molar-refractivity contribution is 5.78. The smallest absolute Gasteiger partial charge is 0.323 e. The van der Waals surface area contributed by atoms with Gasteiger partial charge in [0.05, 0.1) is 0 Å². The SMILES string of the molecule is CCCNC(C)(CC(C)N1CCN(CC)C(C)C1)C(=O)O. The van der Waals surface area contributed by atoms with Gasteiger partial charge in [-0.25, -0.2) is 0 Å². The van der Waals surface area contributed by atoms with E-state index in [1.165, 1.54) is 0 Å². The minimum Gasteiger partial charge on any atom is -0.480 e. The van der Waals surface area contributed by atoms with Crippen molar-refractivity contribution in [2.45, 2.75) is 65.1 Å². The highest BCUT2D eigenvalue weighted by atomic mass is 16.4. The molecule has 5 nitrogen and oxygen atoms in total. The molecular weight excluding hydrogens is 266 g/mol. The summed E-state index contributed by atoms with van der Waals surface area (Å²) in [5, 5.41) is 12.8. The summed E-state index contributed by atoms with van der Waals surface area (Å²) in [6.45, 7) is 15.5. The summed E-state index contributed by atoms with van der Waals surface area (Å²) in [5.41, 5.74) is -0.833. The van der Waals surface area contributed by atoms with E-state index in [0.717, 1.165) is 39.1 Å². The maximum atomic E-state index is 11.6. The summed E-state index contributed by atoms with van der Waals surface area (Å²) >= 11 is 0. The molecule has 0 aromatic heterocycles. The van der Waals surface area contributed by atoms with Crippen molar-refractivity contribution in [3.63, 3.8) is 0 Å². The van der Waals surface area contributed by atoms with Gasteiger partial charge in [-0.3, -0.25) is 14.6 Å². The average molecular weight is 299 g/mol. The lowest BCUT2D eigenvalue weighted by molar-refractivity contribution is -0.145. The summed E-state index contributed by atoms with van der Waals surface area (Å²) in [4.78, 5) is 16.5. The van der Waals surface area contributed by atoms with Gasteiger partial charge in [-0.2, -0.15) is 0 Å². The zero-order valence-electron chi connectivity index (χ0n) is 14.4. The van der Waals surface area contributed by atoms with Crippen LogP contribution in [0.4, 0.5) is 0 Å². The van der Waals surface area contributed by atoms with Gasteiger partial charge in [0.15, 0.2) is 0 Å². The predicted octanol–water partition coefficient (Wildman–Crippen LogP) is 1.63. The van der Waals surface area contributed by atoms with Crippen molar-refractivity contribution in [1.29, 1.82) is 0 Å². The Balaban J connectivity index is 2.61. The van der Waals surface area contributed by atoms with Crippen LogP contribution in [0.5, 0.6) is 0 Å². The fourth-order valence-electron chi connectivity index (χ4n) is 3.25. The van der Waals surface area contributed by atoms with E-state index >= 15 is 0 Å². The van der Waals surface area contributed by atoms with Gasteiger partial charge in [-0.05, 0) is 46.7 Å². The molecule has 1 saturated heterocycles. The Morgan fingerprint density at radius 2 is 2.10 bits per heavy atom. The van der Waals surface area contributed by atoms with E-state index in [0.29, 0.717) is 12.5 Å². The van der Waals surface area contributed by atoms with Crippen LogP contribution in [0.3, 0.4) is 0 Å². The summed E-state index contributed by atoms with van der Waals surface area (Å²) < 4.78 is 0. The fraction of sp³-hybridized carbons (Fsp3) is 0.938. The molecule has 5 heteroatoms. The van der Waals surface area contributed by atoms with Gasteiger partial charge in [-0.15, -0.1) is 0 Å². The molecule has 0 aliphatic carbocycles. The third-order valence-corrected chi connectivity index (χ3v) is 4.77. The average Bonchev–Trinajstić information content (AvgIpc) is 2.44. The maximum absolute atomic E-state index is 11.6. The number of carbonyl (C=O) groups is 1. The Morgan fingerprint density at radius 1 is 1.43 bits per heavy atom. The first-order chi connectivity index (χ1) is 9.84. The highest BCUT2D eigenvalue weighted by Gasteiger charge is 2.36. The van der Waals surface area contributed by atoms with E-state index in [1.54, 1.807) is 0 Å². The second-order valence-corrected chi connectivity index (χ2v) is 6.59. The summed E-state index contributed by atoms with van der Waals surface area (Å²) in [7, 11) is 0. The molecule has 0 bridgehead atoms. The quantitative estimate of drug-likeness (QED) is 0.713. The topological polar surface area (TPSA) is 55.8 Å². The molecular formula is C16H33N3O2. The number of aliphatic carboxylic acids is 1. The van der Waals surface area contributed by atoms with E-state index in [4.69, 9.17) is 0 Å². The van der Waals surface area contributed by atoms with Crippen molar-refractivity contribution >= 4 is 5.97 Å².